The van der Waals surface area contributed by atoms with Gasteiger partial charge in [-0.2, -0.15) is 0 Å². The summed E-state index contributed by atoms with van der Waals surface area (Å²) in [4.78, 5) is 10.0. The van der Waals surface area contributed by atoms with Crippen molar-refractivity contribution in [2.45, 2.75) is 44.4 Å². The van der Waals surface area contributed by atoms with Crippen LogP contribution in [-0.4, -0.2) is 19.9 Å². The Balaban J connectivity index is 2.77. The number of nitro benzene ring substituents is 1. The van der Waals surface area contributed by atoms with Crippen molar-refractivity contribution in [3.63, 3.8) is 0 Å². The van der Waals surface area contributed by atoms with Gasteiger partial charge in [0.1, 0.15) is 0 Å². The molecule has 1 atom stereocenters. The summed E-state index contributed by atoms with van der Waals surface area (Å²) in [7, 11) is -3.70. The van der Waals surface area contributed by atoms with Crippen molar-refractivity contribution in [2.75, 3.05) is 6.54 Å². The fourth-order valence-corrected chi connectivity index (χ4v) is 3.17. The van der Waals surface area contributed by atoms with E-state index in [1.165, 1.54) is 18.2 Å². The monoisotopic (exact) mass is 314 g/mol. The Morgan fingerprint density at radius 1 is 1.33 bits per heavy atom. The van der Waals surface area contributed by atoms with Gasteiger partial charge in [-0.15, -0.1) is 0 Å². The van der Waals surface area contributed by atoms with E-state index < -0.39 is 14.9 Å². The molecule has 7 heteroatoms. The molecule has 1 rings (SSSR count). The van der Waals surface area contributed by atoms with E-state index in [4.69, 9.17) is 0 Å². The first-order chi connectivity index (χ1) is 9.90. The van der Waals surface area contributed by atoms with Crippen molar-refractivity contribution in [1.82, 2.24) is 4.72 Å². The topological polar surface area (TPSA) is 89.3 Å². The van der Waals surface area contributed by atoms with Crippen LogP contribution in [0.1, 0.15) is 39.5 Å². The highest BCUT2D eigenvalue weighted by Gasteiger charge is 2.18. The lowest BCUT2D eigenvalue weighted by molar-refractivity contribution is -0.385. The Labute approximate surface area is 125 Å². The second kappa shape index (κ2) is 8.09. The summed E-state index contributed by atoms with van der Waals surface area (Å²) >= 11 is 0. The van der Waals surface area contributed by atoms with Gasteiger partial charge in [-0.1, -0.05) is 39.2 Å². The van der Waals surface area contributed by atoms with Gasteiger partial charge in [-0.3, -0.25) is 10.1 Å². The molecule has 0 spiro atoms. The first-order valence-electron chi connectivity index (χ1n) is 7.14. The number of rotatable bonds is 9. The molecule has 1 aromatic carbocycles. The van der Waals surface area contributed by atoms with Gasteiger partial charge >= 0.3 is 0 Å². The lowest BCUT2D eigenvalue weighted by atomic mass is 10.00. The Bertz CT molecular complexity index is 572. The number of benzene rings is 1. The number of nitrogens with one attached hydrogen (secondary N) is 1. The first-order valence-corrected chi connectivity index (χ1v) is 8.63. The number of non-ortho nitro benzene ring substituents is 1. The molecule has 21 heavy (non-hydrogen) atoms. The number of nitro groups is 1. The Hall–Kier alpha value is -1.47. The molecule has 0 unspecified atom stereocenters. The lowest BCUT2D eigenvalue weighted by Crippen LogP contribution is -2.29. The predicted molar refractivity (Wildman–Crippen MR) is 81.6 cm³/mol. The van der Waals surface area contributed by atoms with E-state index in [0.29, 0.717) is 12.5 Å². The van der Waals surface area contributed by atoms with E-state index in [-0.39, 0.29) is 10.6 Å². The van der Waals surface area contributed by atoms with E-state index in [1.54, 1.807) is 0 Å². The van der Waals surface area contributed by atoms with Crippen molar-refractivity contribution in [3.05, 3.63) is 34.4 Å². The summed E-state index contributed by atoms with van der Waals surface area (Å²) in [6, 6.07) is 5.09. The Morgan fingerprint density at radius 3 is 2.62 bits per heavy atom. The van der Waals surface area contributed by atoms with Gasteiger partial charge in [0.25, 0.3) is 5.69 Å². The molecule has 6 nitrogen and oxygen atoms in total. The molecule has 0 heterocycles. The van der Waals surface area contributed by atoms with E-state index >= 15 is 0 Å². The molecule has 0 saturated carbocycles. The molecule has 0 saturated heterocycles. The minimum absolute atomic E-state index is 0.0676. The van der Waals surface area contributed by atoms with Crippen molar-refractivity contribution >= 4 is 15.7 Å². The molecule has 0 aliphatic heterocycles. The smallest absolute Gasteiger partial charge is 0.258 e. The van der Waals surface area contributed by atoms with Gasteiger partial charge in [-0.05, 0) is 18.4 Å². The van der Waals surface area contributed by atoms with Crippen LogP contribution in [0.15, 0.2) is 29.2 Å². The summed E-state index contributed by atoms with van der Waals surface area (Å²) < 4.78 is 26.9. The third kappa shape index (κ3) is 5.43. The standard InChI is InChI=1S/C14H22N2O4S/c1-3-5-7-12(4-2)11-15-21(19,20)14-9-6-8-13(10-14)16(17)18/h6,8-10,12,15H,3-5,7,11H2,1-2H3/t12-/m0/s1. The quantitative estimate of drug-likeness (QED) is 0.560. The van der Waals surface area contributed by atoms with Gasteiger partial charge in [0.2, 0.25) is 10.0 Å². The summed E-state index contributed by atoms with van der Waals surface area (Å²) in [5.74, 6) is 0.290. The van der Waals surface area contributed by atoms with E-state index in [1.807, 2.05) is 6.92 Å². The number of unbranched alkanes of at least 4 members (excludes halogenated alkanes) is 1. The normalized spacial score (nSPS) is 13.0. The third-order valence-electron chi connectivity index (χ3n) is 3.44. The number of nitrogens with zero attached hydrogens (tertiary/aromatic N) is 1. The molecular formula is C14H22N2O4S. The van der Waals surface area contributed by atoms with Crippen LogP contribution in [0.5, 0.6) is 0 Å². The zero-order valence-corrected chi connectivity index (χ0v) is 13.2. The maximum atomic E-state index is 12.2. The van der Waals surface area contributed by atoms with Gasteiger partial charge in [0.15, 0.2) is 0 Å². The molecule has 0 aliphatic rings. The van der Waals surface area contributed by atoms with Gasteiger partial charge in [0.05, 0.1) is 9.82 Å². The molecule has 1 N–H and O–H groups in total. The largest absolute Gasteiger partial charge is 0.270 e. The summed E-state index contributed by atoms with van der Waals surface area (Å²) in [6.45, 7) is 4.49. The van der Waals surface area contributed by atoms with Crippen molar-refractivity contribution in [1.29, 1.82) is 0 Å². The molecular weight excluding hydrogens is 292 g/mol. The minimum Gasteiger partial charge on any atom is -0.258 e. The highest BCUT2D eigenvalue weighted by molar-refractivity contribution is 7.89. The number of sulfonamides is 1. The molecule has 0 radical (unpaired) electrons. The Morgan fingerprint density at radius 2 is 2.05 bits per heavy atom. The maximum absolute atomic E-state index is 12.2. The average Bonchev–Trinajstić information content (AvgIpc) is 2.47. The number of hydrogen-bond donors (Lipinski definition) is 1. The fraction of sp³-hybridized carbons (Fsp3) is 0.571. The van der Waals surface area contributed by atoms with Crippen LogP contribution >= 0.6 is 0 Å². The zero-order chi connectivity index (χ0) is 15.9. The average molecular weight is 314 g/mol. The third-order valence-corrected chi connectivity index (χ3v) is 4.87. The lowest BCUT2D eigenvalue weighted by Gasteiger charge is -2.15. The summed E-state index contributed by atoms with van der Waals surface area (Å²) in [5.41, 5.74) is -0.226. The van der Waals surface area contributed by atoms with Crippen LogP contribution in [0, 0.1) is 16.0 Å². The first kappa shape index (κ1) is 17.6. The SMILES string of the molecule is CCCC[C@H](CC)CNS(=O)(=O)c1cccc([N+](=O)[O-])c1. The summed E-state index contributed by atoms with van der Waals surface area (Å²) in [5, 5.41) is 10.7. The highest BCUT2D eigenvalue weighted by Crippen LogP contribution is 2.18. The Kier molecular flexibility index (Phi) is 6.77. The van der Waals surface area contributed by atoms with Crippen LogP contribution in [0.3, 0.4) is 0 Å². The second-order valence-electron chi connectivity index (χ2n) is 5.02. The van der Waals surface area contributed by atoms with Crippen molar-refractivity contribution in [3.8, 4) is 0 Å². The van der Waals surface area contributed by atoms with Crippen LogP contribution in [0.2, 0.25) is 0 Å². The molecule has 1 aromatic rings. The minimum atomic E-state index is -3.70. The van der Waals surface area contributed by atoms with E-state index in [2.05, 4.69) is 11.6 Å². The van der Waals surface area contributed by atoms with Gasteiger partial charge in [-0.25, -0.2) is 13.1 Å². The van der Waals surface area contributed by atoms with Crippen molar-refractivity contribution in [2.24, 2.45) is 5.92 Å². The fourth-order valence-electron chi connectivity index (χ4n) is 2.02. The van der Waals surface area contributed by atoms with Crippen LogP contribution in [0.25, 0.3) is 0 Å². The molecule has 0 aliphatic carbocycles. The van der Waals surface area contributed by atoms with Crippen LogP contribution in [-0.2, 0) is 10.0 Å². The summed E-state index contributed by atoms with van der Waals surface area (Å²) in [6.07, 6.45) is 4.02. The maximum Gasteiger partial charge on any atom is 0.270 e. The molecule has 118 valence electrons. The zero-order valence-electron chi connectivity index (χ0n) is 12.4. The van der Waals surface area contributed by atoms with Gasteiger partial charge < -0.3 is 0 Å². The number of hydrogen-bond acceptors (Lipinski definition) is 4. The van der Waals surface area contributed by atoms with Crippen molar-refractivity contribution < 1.29 is 13.3 Å². The second-order valence-corrected chi connectivity index (χ2v) is 6.79. The molecule has 0 aromatic heterocycles. The van der Waals surface area contributed by atoms with Gasteiger partial charge in [0, 0.05) is 18.7 Å². The molecule has 0 bridgehead atoms. The molecule has 0 amide bonds. The van der Waals surface area contributed by atoms with Crippen LogP contribution in [0.4, 0.5) is 5.69 Å². The van der Waals surface area contributed by atoms with E-state index in [9.17, 15) is 18.5 Å². The van der Waals surface area contributed by atoms with Crippen LogP contribution < -0.4 is 4.72 Å². The van der Waals surface area contributed by atoms with E-state index in [0.717, 1.165) is 31.7 Å². The molecule has 0 fully saturated rings. The predicted octanol–water partition coefficient (Wildman–Crippen LogP) is 3.09. The highest BCUT2D eigenvalue weighted by atomic mass is 32.2.